The quantitative estimate of drug-likeness (QED) is 0.0255. The molecular weight excluding hydrogens is 1040 g/mol. The van der Waals surface area contributed by atoms with Gasteiger partial charge in [0.2, 0.25) is 11.8 Å². The van der Waals surface area contributed by atoms with Crippen LogP contribution in [0.2, 0.25) is 0 Å². The van der Waals surface area contributed by atoms with Crippen LogP contribution in [-0.2, 0) is 61.1 Å². The number of aliphatic hydroxyl groups excluding tert-OH is 17. The molecule has 21 N–H and O–H groups in total. The Hall–Kier alpha value is -1.99. The van der Waals surface area contributed by atoms with Crippen LogP contribution < -0.4 is 16.0 Å². The topological polar surface area (TPSA) is 544 Å². The molecular formula is C39H72N3O31P. The summed E-state index contributed by atoms with van der Waals surface area (Å²) in [5.41, 5.74) is 0. The summed E-state index contributed by atoms with van der Waals surface area (Å²) in [5, 5.41) is 185. The van der Waals surface area contributed by atoms with Crippen molar-refractivity contribution in [2.75, 3.05) is 65.9 Å². The van der Waals surface area contributed by atoms with Gasteiger partial charge in [-0.05, 0) is 0 Å². The minimum Gasteiger partial charge on any atom is -0.394 e. The molecule has 0 bridgehead atoms. The van der Waals surface area contributed by atoms with E-state index in [1.165, 1.54) is 0 Å². The highest BCUT2D eigenvalue weighted by Gasteiger charge is 2.54. The van der Waals surface area contributed by atoms with Gasteiger partial charge in [-0.1, -0.05) is 0 Å². The van der Waals surface area contributed by atoms with Crippen molar-refractivity contribution < 1.29 is 153 Å². The molecule has 74 heavy (non-hydrogen) atoms. The molecule has 0 aromatic carbocycles. The molecule has 0 saturated carbocycles. The van der Waals surface area contributed by atoms with Crippen LogP contribution in [0.15, 0.2) is 0 Å². The normalized spacial score (nSPS) is 39.8. The number of phosphoric acid groups is 1. The number of carbonyl (C=O) groups is 2. The number of aliphatic hydroxyl groups is 17. The van der Waals surface area contributed by atoms with Crippen molar-refractivity contribution in [3.8, 4) is 0 Å². The van der Waals surface area contributed by atoms with E-state index in [4.69, 9.17) is 47.5 Å². The fraction of sp³-hybridized carbons (Fsp3) is 0.949. The van der Waals surface area contributed by atoms with Crippen molar-refractivity contribution in [3.63, 3.8) is 0 Å². The number of carbonyl (C=O) groups excluding carboxylic acids is 2. The largest absolute Gasteiger partial charge is 0.472 e. The van der Waals surface area contributed by atoms with Crippen LogP contribution in [0.3, 0.4) is 0 Å². The molecule has 4 heterocycles. The average molecular weight is 1110 g/mol. The van der Waals surface area contributed by atoms with Crippen molar-refractivity contribution in [1.29, 1.82) is 0 Å². The first kappa shape index (κ1) is 64.5. The lowest BCUT2D eigenvalue weighted by Crippen LogP contribution is -2.68. The van der Waals surface area contributed by atoms with Gasteiger partial charge < -0.3 is 146 Å². The fourth-order valence-electron chi connectivity index (χ4n) is 8.11. The number of phosphoric ester groups is 1. The summed E-state index contributed by atoms with van der Waals surface area (Å²) in [6.45, 7) is -5.99. The van der Waals surface area contributed by atoms with Gasteiger partial charge in [-0.2, -0.15) is 0 Å². The summed E-state index contributed by atoms with van der Waals surface area (Å²) in [6, 6.07) is -3.46. The fourth-order valence-corrected chi connectivity index (χ4v) is 8.87. The van der Waals surface area contributed by atoms with Gasteiger partial charge in [-0.15, -0.1) is 0 Å². The summed E-state index contributed by atoms with van der Waals surface area (Å²) < 4.78 is 66.8. The van der Waals surface area contributed by atoms with Crippen molar-refractivity contribution in [3.05, 3.63) is 0 Å². The summed E-state index contributed by atoms with van der Waals surface area (Å²) in [5.74, 6) is -1.68. The van der Waals surface area contributed by atoms with E-state index >= 15 is 0 Å². The van der Waals surface area contributed by atoms with Gasteiger partial charge >= 0.3 is 7.82 Å². The monoisotopic (exact) mass is 1110 g/mol. The summed E-state index contributed by atoms with van der Waals surface area (Å²) in [6.07, 6.45) is -43.1. The molecule has 2 unspecified atom stereocenters. The first-order valence-corrected chi connectivity index (χ1v) is 24.6. The van der Waals surface area contributed by atoms with Crippen LogP contribution in [0, 0.1) is 0 Å². The predicted octanol–water partition coefficient (Wildman–Crippen LogP) is -12.9. The summed E-state index contributed by atoms with van der Waals surface area (Å²) in [7, 11) is -4.78. The second kappa shape index (κ2) is 29.8. The van der Waals surface area contributed by atoms with Crippen molar-refractivity contribution in [2.45, 2.75) is 167 Å². The molecule has 4 rings (SSSR count). The maximum absolute atomic E-state index is 12.5. The molecule has 0 aromatic heterocycles. The van der Waals surface area contributed by atoms with Crippen molar-refractivity contribution in [1.82, 2.24) is 16.0 Å². The molecule has 434 valence electrons. The van der Waals surface area contributed by atoms with E-state index in [9.17, 15) is 101 Å². The first-order valence-electron chi connectivity index (χ1n) is 23.1. The molecule has 0 aliphatic carbocycles. The van der Waals surface area contributed by atoms with E-state index in [1.807, 2.05) is 0 Å². The molecule has 35 heteroatoms. The third kappa shape index (κ3) is 17.0. The minimum atomic E-state index is -4.78. The Morgan fingerprint density at radius 1 is 0.568 bits per heavy atom. The zero-order chi connectivity index (χ0) is 55.4. The number of hydrogen-bond acceptors (Lipinski definition) is 31. The molecule has 0 spiro atoms. The molecule has 34 nitrogen and oxygen atoms in total. The van der Waals surface area contributed by atoms with Crippen LogP contribution in [-0.4, -0.2) is 323 Å². The Balaban J connectivity index is 1.57. The van der Waals surface area contributed by atoms with Crippen molar-refractivity contribution in [2.24, 2.45) is 0 Å². The Morgan fingerprint density at radius 3 is 1.46 bits per heavy atom. The van der Waals surface area contributed by atoms with Crippen LogP contribution >= 0.6 is 7.82 Å². The smallest absolute Gasteiger partial charge is 0.394 e. The van der Waals surface area contributed by atoms with Gasteiger partial charge in [-0.3, -0.25) is 18.6 Å². The zero-order valence-corrected chi connectivity index (χ0v) is 40.7. The lowest BCUT2D eigenvalue weighted by atomic mass is 9.95. The van der Waals surface area contributed by atoms with Crippen LogP contribution in [0.1, 0.15) is 13.8 Å². The highest BCUT2D eigenvalue weighted by Crippen LogP contribution is 2.43. The van der Waals surface area contributed by atoms with Gasteiger partial charge in [0.05, 0.1) is 59.0 Å². The Labute approximate surface area is 421 Å². The third-order valence-corrected chi connectivity index (χ3v) is 13.1. The third-order valence-electron chi connectivity index (χ3n) is 12.1. The van der Waals surface area contributed by atoms with Gasteiger partial charge in [0.15, 0.2) is 25.2 Å². The van der Waals surface area contributed by atoms with Crippen LogP contribution in [0.4, 0.5) is 0 Å². The summed E-state index contributed by atoms with van der Waals surface area (Å²) in [4.78, 5) is 34.7. The molecule has 2 amide bonds. The molecule has 0 radical (unpaired) electrons. The number of hydrogen-bond donors (Lipinski definition) is 21. The molecule has 4 fully saturated rings. The number of amides is 2. The molecule has 26 atom stereocenters. The minimum absolute atomic E-state index is 0.363. The molecule has 4 aliphatic heterocycles. The maximum Gasteiger partial charge on any atom is 0.472 e. The lowest BCUT2D eigenvalue weighted by molar-refractivity contribution is -0.355. The van der Waals surface area contributed by atoms with Crippen LogP contribution in [0.25, 0.3) is 0 Å². The van der Waals surface area contributed by atoms with E-state index < -0.39 is 232 Å². The number of ether oxygens (including phenoxy) is 8. The predicted molar refractivity (Wildman–Crippen MR) is 233 cm³/mol. The standard InChI is InChI=1S/C39H72N3O31P/c1-13(48)41-22-27(56)34(72-38-31(60)29(58)25(54)18(7-44)67-38)20(9-46)69-36(22)64-12-17(52)24(53)33(16(51)5-40-3-4-65-74(62,63)66-11-15(50)6-43)71-37-23(42-14(2)49)28(57)35(21(10-47)70-37)73-39-32(61)30(59)26(55)19(8-45)68-39/h15-40,43-47,50-61H,3-12H2,1-2H3,(H,41,48)(H,42,49)(H,62,63)/t15?,16-,17+,18+,19+,20+,21+,22+,23+,24-,25-,26-,27+,28+,29-,30-,31+,32+,33+,34+,35+,36+,37-,38-,39-/m0/s1. The lowest BCUT2D eigenvalue weighted by Gasteiger charge is -2.48. The Bertz CT molecular complexity index is 1730. The van der Waals surface area contributed by atoms with Gasteiger partial charge in [-0.25, -0.2) is 4.57 Å². The maximum atomic E-state index is 12.5. The van der Waals surface area contributed by atoms with E-state index in [0.717, 1.165) is 13.8 Å². The summed E-state index contributed by atoms with van der Waals surface area (Å²) >= 11 is 0. The molecule has 4 saturated heterocycles. The highest BCUT2D eigenvalue weighted by atomic mass is 31.2. The highest BCUT2D eigenvalue weighted by molar-refractivity contribution is 7.47. The molecule has 0 aromatic rings. The first-order chi connectivity index (χ1) is 34.8. The van der Waals surface area contributed by atoms with E-state index in [2.05, 4.69) is 20.5 Å². The number of rotatable bonds is 28. The second-order valence-corrected chi connectivity index (χ2v) is 19.1. The SMILES string of the molecule is CC(=O)N[C@H]1[C@H](OC[C@@H](O)[C@H](O)[C@H](O[C@@H]2O[C@H](CO)[C@@H](O[C@@H]3O[C@H](CO)[C@H](O)[C@H](O)[C@H]3O)[C@H](O)[C@H]2NC(C)=O)[C@@H](O)CNCCOP(=O)(O)OCC(O)CO)O[C@H](CO)[C@@H](O[C@@H]2O[C@H](CO)[C@H](O)[C@H](O)[C@H]2O)[C@@H]1O. The van der Waals surface area contributed by atoms with Crippen LogP contribution in [0.5, 0.6) is 0 Å². The average Bonchev–Trinajstić information content (AvgIpc) is 3.36. The van der Waals surface area contributed by atoms with Crippen molar-refractivity contribution >= 4 is 19.6 Å². The van der Waals surface area contributed by atoms with E-state index in [0.29, 0.717) is 0 Å². The Morgan fingerprint density at radius 2 is 1.01 bits per heavy atom. The van der Waals surface area contributed by atoms with Gasteiger partial charge in [0.25, 0.3) is 0 Å². The Kier molecular flexibility index (Phi) is 26.0. The zero-order valence-electron chi connectivity index (χ0n) is 39.8. The van der Waals surface area contributed by atoms with E-state index in [1.54, 1.807) is 0 Å². The van der Waals surface area contributed by atoms with Gasteiger partial charge in [0, 0.05) is 26.9 Å². The van der Waals surface area contributed by atoms with E-state index in [-0.39, 0.29) is 6.54 Å². The number of nitrogens with one attached hydrogen (secondary N) is 3. The molecule has 4 aliphatic rings. The second-order valence-electron chi connectivity index (χ2n) is 17.7. The van der Waals surface area contributed by atoms with Gasteiger partial charge in [0.1, 0.15) is 122 Å².